The highest BCUT2D eigenvalue weighted by atomic mass is 19.2. The molecule has 0 unspecified atom stereocenters. The second kappa shape index (κ2) is 8.08. The van der Waals surface area contributed by atoms with Crippen LogP contribution in [0.2, 0.25) is 0 Å². The van der Waals surface area contributed by atoms with Crippen LogP contribution in [0.5, 0.6) is 0 Å². The Kier molecular flexibility index (Phi) is 5.39. The Morgan fingerprint density at radius 1 is 0.914 bits per heavy atom. The van der Waals surface area contributed by atoms with Crippen molar-refractivity contribution in [1.82, 2.24) is 4.48 Å². The van der Waals surface area contributed by atoms with Crippen molar-refractivity contribution in [3.05, 3.63) is 99.0 Å². The second-order valence-electron chi connectivity index (χ2n) is 9.83. The quantitative estimate of drug-likeness (QED) is 0.387. The van der Waals surface area contributed by atoms with Crippen LogP contribution >= 0.6 is 0 Å². The lowest BCUT2D eigenvalue weighted by atomic mass is 9.83. The van der Waals surface area contributed by atoms with Crippen LogP contribution in [0.4, 0.5) is 20.0 Å². The largest absolute Gasteiger partial charge is 0.737 e. The molecule has 180 valence electrons. The third-order valence-electron chi connectivity index (χ3n) is 7.73. The summed E-state index contributed by atoms with van der Waals surface area (Å²) in [5, 5.41) is 3.49. The number of aromatic nitrogens is 1. The summed E-state index contributed by atoms with van der Waals surface area (Å²) in [6.07, 6.45) is 0.720. The smallest absolute Gasteiger partial charge is 0.392 e. The number of nitrogens with one attached hydrogen (secondary N) is 1. The summed E-state index contributed by atoms with van der Waals surface area (Å²) in [6, 6.07) is 16.2. The number of para-hydroxylation sites is 1. The van der Waals surface area contributed by atoms with Crippen LogP contribution in [0.15, 0.2) is 65.4 Å². The number of allylic oxidation sites excluding steroid dienone is 2. The van der Waals surface area contributed by atoms with Gasteiger partial charge >= 0.3 is 6.97 Å². The van der Waals surface area contributed by atoms with Crippen LogP contribution in [-0.4, -0.2) is 21.6 Å². The summed E-state index contributed by atoms with van der Waals surface area (Å²) < 4.78 is 35.7. The summed E-state index contributed by atoms with van der Waals surface area (Å²) in [5.41, 5.74) is 10.9. The maximum Gasteiger partial charge on any atom is 0.737 e. The van der Waals surface area contributed by atoms with Gasteiger partial charge < -0.3 is 22.9 Å². The Morgan fingerprint density at radius 2 is 1.57 bits per heavy atom. The van der Waals surface area contributed by atoms with E-state index < -0.39 is 6.97 Å². The van der Waals surface area contributed by atoms with Gasteiger partial charge in [0.05, 0.1) is 11.3 Å². The van der Waals surface area contributed by atoms with Gasteiger partial charge in [-0.1, -0.05) is 55.0 Å². The maximum absolute atomic E-state index is 16.6. The van der Waals surface area contributed by atoms with Gasteiger partial charge in [0.1, 0.15) is 5.71 Å². The molecule has 0 saturated carbocycles. The topological polar surface area (TPSA) is 20.0 Å². The zero-order valence-electron chi connectivity index (χ0n) is 21.6. The van der Waals surface area contributed by atoms with Crippen LogP contribution < -0.4 is 5.32 Å². The first kappa shape index (κ1) is 23.3. The molecule has 0 atom stereocenters. The normalized spacial score (nSPS) is 16.7. The van der Waals surface area contributed by atoms with Gasteiger partial charge in [-0.05, 0) is 63.8 Å². The molecule has 2 aliphatic rings. The molecular formula is C29H32BF2N3. The van der Waals surface area contributed by atoms with Gasteiger partial charge in [0, 0.05) is 35.1 Å². The van der Waals surface area contributed by atoms with Crippen molar-refractivity contribution in [1.29, 1.82) is 0 Å². The van der Waals surface area contributed by atoms with Gasteiger partial charge in [-0.25, -0.2) is 0 Å². The summed E-state index contributed by atoms with van der Waals surface area (Å²) in [4.78, 5) is 0. The van der Waals surface area contributed by atoms with Gasteiger partial charge in [0.25, 0.3) is 0 Å². The number of anilines is 2. The first-order chi connectivity index (χ1) is 16.6. The molecule has 1 aromatic heterocycles. The molecule has 2 aliphatic heterocycles. The van der Waals surface area contributed by atoms with E-state index in [1.165, 1.54) is 8.96 Å². The highest BCUT2D eigenvalue weighted by Gasteiger charge is 2.56. The van der Waals surface area contributed by atoms with Crippen molar-refractivity contribution in [2.75, 3.05) is 5.32 Å². The van der Waals surface area contributed by atoms with Gasteiger partial charge in [-0.15, -0.1) is 0 Å². The van der Waals surface area contributed by atoms with Crippen molar-refractivity contribution in [3.8, 4) is 0 Å². The molecule has 3 nitrogen and oxygen atoms in total. The van der Waals surface area contributed by atoms with Crippen LogP contribution in [-0.2, 0) is 0 Å². The summed E-state index contributed by atoms with van der Waals surface area (Å²) in [6.45, 7) is 9.62. The van der Waals surface area contributed by atoms with E-state index in [2.05, 4.69) is 29.6 Å². The molecule has 6 heteroatoms. The van der Waals surface area contributed by atoms with Crippen molar-refractivity contribution < 1.29 is 13.1 Å². The van der Waals surface area contributed by atoms with E-state index in [-0.39, 0.29) is 0 Å². The monoisotopic (exact) mass is 471 g/mol. The Morgan fingerprint density at radius 3 is 2.20 bits per heavy atom. The number of hydrogen-bond donors (Lipinski definition) is 1. The number of benzene rings is 2. The van der Waals surface area contributed by atoms with Gasteiger partial charge in [-0.2, -0.15) is 0 Å². The number of hydrogen-bond acceptors (Lipinski definition) is 1. The minimum absolute atomic E-state index is 0.546. The second-order valence-corrected chi connectivity index (χ2v) is 9.83. The molecule has 0 saturated heterocycles. The molecule has 0 fully saturated rings. The highest BCUT2D eigenvalue weighted by molar-refractivity contribution is 6.58. The fraction of sp³-hybridized carbons (Fsp3) is 0.276. The van der Waals surface area contributed by atoms with Crippen LogP contribution in [0, 0.1) is 27.7 Å². The zero-order valence-corrected chi connectivity index (χ0v) is 21.6. The molecule has 2 aromatic carbocycles. The molecule has 0 aliphatic carbocycles. The Labute approximate surface area is 206 Å². The molecule has 5 rings (SSSR count). The maximum atomic E-state index is 16.6. The Balaban J connectivity index is 1.87. The third kappa shape index (κ3) is 3.26. The van der Waals surface area contributed by atoms with Gasteiger partial charge in [-0.3, -0.25) is 0 Å². The lowest BCUT2D eigenvalue weighted by Gasteiger charge is -2.34. The molecule has 35 heavy (non-hydrogen) atoms. The first-order valence-electron chi connectivity index (χ1n) is 12.3. The lowest BCUT2D eigenvalue weighted by molar-refractivity contribution is -0.363. The molecule has 3 heterocycles. The van der Waals surface area contributed by atoms with Crippen LogP contribution in [0.1, 0.15) is 60.8 Å². The van der Waals surface area contributed by atoms with E-state index >= 15 is 8.63 Å². The number of aryl methyl sites for hydroxylation is 2. The van der Waals surface area contributed by atoms with E-state index in [1.807, 2.05) is 65.8 Å². The average molecular weight is 471 g/mol. The highest BCUT2D eigenvalue weighted by Crippen LogP contribution is 2.48. The summed E-state index contributed by atoms with van der Waals surface area (Å²) >= 11 is 0. The molecule has 1 N–H and O–H groups in total. The fourth-order valence-corrected chi connectivity index (χ4v) is 5.93. The molecule has 0 spiro atoms. The van der Waals surface area contributed by atoms with Crippen molar-refractivity contribution in [2.24, 2.45) is 0 Å². The third-order valence-corrected chi connectivity index (χ3v) is 7.73. The molecular weight excluding hydrogens is 439 g/mol. The van der Waals surface area contributed by atoms with E-state index in [4.69, 9.17) is 0 Å². The van der Waals surface area contributed by atoms with Crippen LogP contribution in [0.3, 0.4) is 0 Å². The molecule has 0 amide bonds. The first-order valence-corrected chi connectivity index (χ1v) is 12.3. The fourth-order valence-electron chi connectivity index (χ4n) is 5.93. The predicted octanol–water partition coefficient (Wildman–Crippen LogP) is 7.67. The minimum atomic E-state index is -4.07. The summed E-state index contributed by atoms with van der Waals surface area (Å²) in [7, 11) is 0. The lowest BCUT2D eigenvalue weighted by Crippen LogP contribution is -2.51. The van der Waals surface area contributed by atoms with Crippen molar-refractivity contribution in [3.63, 3.8) is 0 Å². The Bertz CT molecular complexity index is 1470. The van der Waals surface area contributed by atoms with E-state index in [1.54, 1.807) is 6.92 Å². The Hall–Kier alpha value is -3.41. The van der Waals surface area contributed by atoms with E-state index in [9.17, 15) is 0 Å². The number of fused-ring (bicyclic) bond motifs is 2. The molecule has 0 bridgehead atoms. The summed E-state index contributed by atoms with van der Waals surface area (Å²) in [5.74, 6) is 0. The number of nitrogens with zero attached hydrogens (tertiary/aromatic N) is 2. The minimum Gasteiger partial charge on any atom is -0.392 e. The SMILES string of the molecule is CCC1=C(C)C2=C(c3ccc(C)cc3)c3c(C)c(Nc4ccccc4C)c(C)n3[B-](F)(F)[N+]2=C1C. The predicted molar refractivity (Wildman–Crippen MR) is 143 cm³/mol. The van der Waals surface area contributed by atoms with Crippen molar-refractivity contribution >= 4 is 29.6 Å². The number of halogens is 2. The van der Waals surface area contributed by atoms with Gasteiger partial charge in [0.2, 0.25) is 0 Å². The van der Waals surface area contributed by atoms with E-state index in [0.717, 1.165) is 56.8 Å². The number of rotatable bonds is 4. The van der Waals surface area contributed by atoms with E-state index in [0.29, 0.717) is 22.8 Å². The van der Waals surface area contributed by atoms with Gasteiger partial charge in [0.15, 0.2) is 5.70 Å². The molecule has 0 radical (unpaired) electrons. The zero-order chi connectivity index (χ0) is 25.2. The van der Waals surface area contributed by atoms with Crippen LogP contribution in [0.25, 0.3) is 5.57 Å². The average Bonchev–Trinajstić information content (AvgIpc) is 3.22. The molecule has 3 aromatic rings. The standard InChI is InChI=1S/C29H32BF2N3/c1-8-24-19(4)28-26(23-15-13-17(2)14-16-23)29-20(5)27(33-25-12-10-9-11-18(25)3)22(7)35(29)30(31,32)34(28)21(24)6/h9-16,33H,8H2,1-7H3. The van der Waals surface area contributed by atoms with Crippen molar-refractivity contribution in [2.45, 2.75) is 54.9 Å².